The molecule has 0 spiro atoms. The van der Waals surface area contributed by atoms with Crippen LogP contribution in [0.2, 0.25) is 0 Å². The largest absolute Gasteiger partial charge is 0.480 e. The molecule has 2 rings (SSSR count). The molecule has 0 aliphatic carbocycles. The summed E-state index contributed by atoms with van der Waals surface area (Å²) in [5, 5.41) is 10.9. The molecule has 1 aromatic rings. The first-order chi connectivity index (χ1) is 8.99. The van der Waals surface area contributed by atoms with Gasteiger partial charge in [-0.15, -0.1) is 0 Å². The molecule has 7 nitrogen and oxygen atoms in total. The lowest BCUT2D eigenvalue weighted by atomic mass is 9.91. The summed E-state index contributed by atoms with van der Waals surface area (Å²) in [7, 11) is 0. The second-order valence-electron chi connectivity index (χ2n) is 4.29. The van der Waals surface area contributed by atoms with Gasteiger partial charge in [0.05, 0.1) is 5.92 Å². The van der Waals surface area contributed by atoms with Gasteiger partial charge in [-0.25, -0.2) is 0 Å². The molecule has 19 heavy (non-hydrogen) atoms. The number of carbonyl (C=O) groups is 3. The SMILES string of the molecule is O=C(O)Cn1cccc(C2CCC(=O)NC2=O)c1=O. The fourth-order valence-corrected chi connectivity index (χ4v) is 2.08. The Hall–Kier alpha value is -2.44. The van der Waals surface area contributed by atoms with Crippen LogP contribution in [0, 0.1) is 0 Å². The third kappa shape index (κ3) is 2.70. The number of hydrogen-bond acceptors (Lipinski definition) is 4. The van der Waals surface area contributed by atoms with Crippen LogP contribution >= 0.6 is 0 Å². The zero-order valence-electron chi connectivity index (χ0n) is 9.96. The summed E-state index contributed by atoms with van der Waals surface area (Å²) in [6.45, 7) is -0.458. The second-order valence-corrected chi connectivity index (χ2v) is 4.29. The smallest absolute Gasteiger partial charge is 0.323 e. The van der Waals surface area contributed by atoms with E-state index in [4.69, 9.17) is 5.11 Å². The first-order valence-corrected chi connectivity index (χ1v) is 5.74. The predicted octanol–water partition coefficient (Wildman–Crippen LogP) is -0.547. The average Bonchev–Trinajstić information content (AvgIpc) is 2.32. The van der Waals surface area contributed by atoms with Gasteiger partial charge in [-0.3, -0.25) is 24.5 Å². The van der Waals surface area contributed by atoms with E-state index in [1.807, 2.05) is 0 Å². The van der Waals surface area contributed by atoms with Crippen LogP contribution in [0.15, 0.2) is 23.1 Å². The van der Waals surface area contributed by atoms with Crippen molar-refractivity contribution in [3.05, 3.63) is 34.2 Å². The number of amides is 2. The van der Waals surface area contributed by atoms with Crippen LogP contribution in [-0.4, -0.2) is 27.5 Å². The molecule has 0 bridgehead atoms. The average molecular weight is 264 g/mol. The third-order valence-corrected chi connectivity index (χ3v) is 2.97. The first kappa shape index (κ1) is 13.0. The summed E-state index contributed by atoms with van der Waals surface area (Å²) >= 11 is 0. The molecule has 0 saturated carbocycles. The number of aromatic nitrogens is 1. The Morgan fingerprint density at radius 1 is 1.42 bits per heavy atom. The molecule has 1 unspecified atom stereocenters. The van der Waals surface area contributed by atoms with Crippen molar-refractivity contribution >= 4 is 17.8 Å². The van der Waals surface area contributed by atoms with Crippen LogP contribution in [0.5, 0.6) is 0 Å². The highest BCUT2D eigenvalue weighted by Crippen LogP contribution is 2.21. The Kier molecular flexibility index (Phi) is 3.46. The Labute approximate surface area is 107 Å². The van der Waals surface area contributed by atoms with Crippen molar-refractivity contribution in [3.63, 3.8) is 0 Å². The number of pyridine rings is 1. The molecule has 2 N–H and O–H groups in total. The predicted molar refractivity (Wildman–Crippen MR) is 63.5 cm³/mol. The Morgan fingerprint density at radius 2 is 2.16 bits per heavy atom. The minimum Gasteiger partial charge on any atom is -0.480 e. The van der Waals surface area contributed by atoms with Gasteiger partial charge in [0.15, 0.2) is 0 Å². The number of nitrogens with zero attached hydrogens (tertiary/aromatic N) is 1. The van der Waals surface area contributed by atoms with Crippen molar-refractivity contribution < 1.29 is 19.5 Å². The lowest BCUT2D eigenvalue weighted by Crippen LogP contribution is -2.42. The minimum absolute atomic E-state index is 0.170. The number of rotatable bonds is 3. The molecule has 1 atom stereocenters. The summed E-state index contributed by atoms with van der Waals surface area (Å²) in [5.74, 6) is -2.71. The molecule has 1 aromatic heterocycles. The van der Waals surface area contributed by atoms with Crippen molar-refractivity contribution in [2.75, 3.05) is 0 Å². The van der Waals surface area contributed by atoms with Gasteiger partial charge in [0.2, 0.25) is 11.8 Å². The third-order valence-electron chi connectivity index (χ3n) is 2.97. The van der Waals surface area contributed by atoms with Crippen LogP contribution in [0.1, 0.15) is 24.3 Å². The molecule has 2 amide bonds. The molecule has 1 fully saturated rings. The maximum atomic E-state index is 12.1. The summed E-state index contributed by atoms with van der Waals surface area (Å²) in [6, 6.07) is 3.00. The van der Waals surface area contributed by atoms with E-state index in [9.17, 15) is 19.2 Å². The highest BCUT2D eigenvalue weighted by atomic mass is 16.4. The number of carboxylic acid groups (broad SMARTS) is 1. The van der Waals surface area contributed by atoms with E-state index in [-0.39, 0.29) is 24.3 Å². The molecular formula is C12H12N2O5. The van der Waals surface area contributed by atoms with E-state index >= 15 is 0 Å². The van der Waals surface area contributed by atoms with Crippen molar-refractivity contribution in [1.29, 1.82) is 0 Å². The molecule has 100 valence electrons. The number of hydrogen-bond donors (Lipinski definition) is 2. The topological polar surface area (TPSA) is 105 Å². The summed E-state index contributed by atoms with van der Waals surface area (Å²) in [5.41, 5.74) is -0.298. The maximum absolute atomic E-state index is 12.1. The standard InChI is InChI=1S/C12H12N2O5/c15-9-4-3-7(11(18)13-9)8-2-1-5-14(12(8)19)6-10(16)17/h1-2,5,7H,3-4,6H2,(H,16,17)(H,13,15,18). The molecule has 0 aromatic carbocycles. The highest BCUT2D eigenvalue weighted by Gasteiger charge is 2.30. The molecular weight excluding hydrogens is 252 g/mol. The van der Waals surface area contributed by atoms with Crippen molar-refractivity contribution in [2.24, 2.45) is 0 Å². The molecule has 1 aliphatic rings. The van der Waals surface area contributed by atoms with Gasteiger partial charge in [0.1, 0.15) is 6.54 Å². The van der Waals surface area contributed by atoms with E-state index in [0.29, 0.717) is 0 Å². The van der Waals surface area contributed by atoms with Gasteiger partial charge < -0.3 is 9.67 Å². The Balaban J connectivity index is 2.35. The van der Waals surface area contributed by atoms with Crippen molar-refractivity contribution in [3.8, 4) is 0 Å². The minimum atomic E-state index is -1.14. The zero-order chi connectivity index (χ0) is 14.0. The molecule has 1 saturated heterocycles. The van der Waals surface area contributed by atoms with Crippen molar-refractivity contribution in [2.45, 2.75) is 25.3 Å². The molecule has 2 heterocycles. The molecule has 1 aliphatic heterocycles. The quantitative estimate of drug-likeness (QED) is 0.713. The zero-order valence-corrected chi connectivity index (χ0v) is 9.96. The number of piperidine rings is 1. The lowest BCUT2D eigenvalue weighted by molar-refractivity contribution is -0.138. The van der Waals surface area contributed by atoms with E-state index in [1.165, 1.54) is 18.3 Å². The number of carboxylic acids is 1. The summed E-state index contributed by atoms with van der Waals surface area (Å²) < 4.78 is 1.03. The molecule has 7 heteroatoms. The summed E-state index contributed by atoms with van der Waals surface area (Å²) in [4.78, 5) is 45.4. The van der Waals surface area contributed by atoms with E-state index in [0.717, 1.165) is 4.57 Å². The van der Waals surface area contributed by atoms with Crippen LogP contribution in [0.3, 0.4) is 0 Å². The van der Waals surface area contributed by atoms with Crippen LogP contribution in [-0.2, 0) is 20.9 Å². The highest BCUT2D eigenvalue weighted by molar-refractivity contribution is 6.00. The van der Waals surface area contributed by atoms with Gasteiger partial charge >= 0.3 is 5.97 Å². The molecule has 0 radical (unpaired) electrons. The number of imide groups is 1. The number of aliphatic carboxylic acids is 1. The van der Waals surface area contributed by atoms with E-state index in [2.05, 4.69) is 5.32 Å². The fourth-order valence-electron chi connectivity index (χ4n) is 2.08. The summed E-state index contributed by atoms with van der Waals surface area (Å²) in [6.07, 6.45) is 1.78. The fraction of sp³-hybridized carbons (Fsp3) is 0.333. The van der Waals surface area contributed by atoms with Crippen LogP contribution < -0.4 is 10.9 Å². The second kappa shape index (κ2) is 5.05. The van der Waals surface area contributed by atoms with Gasteiger partial charge in [-0.05, 0) is 12.5 Å². The van der Waals surface area contributed by atoms with Gasteiger partial charge in [0.25, 0.3) is 5.56 Å². The maximum Gasteiger partial charge on any atom is 0.323 e. The van der Waals surface area contributed by atoms with E-state index < -0.39 is 29.9 Å². The number of nitrogens with one attached hydrogen (secondary N) is 1. The van der Waals surface area contributed by atoms with Crippen molar-refractivity contribution in [1.82, 2.24) is 9.88 Å². The number of carbonyl (C=O) groups excluding carboxylic acids is 2. The lowest BCUT2D eigenvalue weighted by Gasteiger charge is -2.20. The van der Waals surface area contributed by atoms with Crippen LogP contribution in [0.25, 0.3) is 0 Å². The van der Waals surface area contributed by atoms with E-state index in [1.54, 1.807) is 0 Å². The Bertz CT molecular complexity index is 604. The normalized spacial score (nSPS) is 19.1. The monoisotopic (exact) mass is 264 g/mol. The first-order valence-electron chi connectivity index (χ1n) is 5.74. The Morgan fingerprint density at radius 3 is 2.79 bits per heavy atom. The van der Waals surface area contributed by atoms with Gasteiger partial charge in [0, 0.05) is 18.2 Å². The van der Waals surface area contributed by atoms with Crippen LogP contribution in [0.4, 0.5) is 0 Å². The van der Waals surface area contributed by atoms with Gasteiger partial charge in [-0.2, -0.15) is 0 Å². The van der Waals surface area contributed by atoms with Gasteiger partial charge in [-0.1, -0.05) is 6.07 Å².